The van der Waals surface area contributed by atoms with E-state index < -0.39 is 54.0 Å². The van der Waals surface area contributed by atoms with E-state index in [0.29, 0.717) is 30.8 Å². The highest BCUT2D eigenvalue weighted by Gasteiger charge is 2.71. The van der Waals surface area contributed by atoms with Crippen molar-refractivity contribution in [3.8, 4) is 0 Å². The van der Waals surface area contributed by atoms with Crippen LogP contribution < -0.4 is 10.6 Å². The Morgan fingerprint density at radius 2 is 1.51 bits per heavy atom. The van der Waals surface area contributed by atoms with Gasteiger partial charge in [-0.25, -0.2) is 9.18 Å². The maximum absolute atomic E-state index is 14.5. The Kier molecular flexibility index (Phi) is 9.84. The van der Waals surface area contributed by atoms with Crippen molar-refractivity contribution < 1.29 is 55.6 Å². The van der Waals surface area contributed by atoms with Gasteiger partial charge in [-0.1, -0.05) is 24.3 Å². The first-order chi connectivity index (χ1) is 19.1. The molecule has 0 aromatic heterocycles. The lowest BCUT2D eigenvalue weighted by Crippen LogP contribution is -2.53. The van der Waals surface area contributed by atoms with Crippen LogP contribution in [0, 0.1) is 5.82 Å². The predicted molar refractivity (Wildman–Crippen MR) is 130 cm³/mol. The second-order valence-electron chi connectivity index (χ2n) is 9.34. The van der Waals surface area contributed by atoms with Gasteiger partial charge < -0.3 is 30.9 Å². The van der Waals surface area contributed by atoms with Crippen molar-refractivity contribution in [3.05, 3.63) is 65.0 Å². The van der Waals surface area contributed by atoms with Crippen molar-refractivity contribution in [2.24, 2.45) is 0 Å². The molecule has 1 atom stereocenters. The standard InChI is InChI=1S/C25H27F7N4O5/c26-19-11-16(3-6-20(19)34-22(40)33-12-18(38)14-37)21(39)36-9-7-35(8-10-36)13-15-1-4-17(5-2-15)23(41,24(27,28)29)25(30,31)32/h1-6,11,18,37-38,41H,7-10,12-14H2,(H2,33,34,40)/t18-/m0/s1. The highest BCUT2D eigenvalue weighted by Crippen LogP contribution is 2.50. The van der Waals surface area contributed by atoms with Crippen molar-refractivity contribution in [3.63, 3.8) is 0 Å². The van der Waals surface area contributed by atoms with E-state index in [9.17, 15) is 50.5 Å². The molecule has 2 aromatic carbocycles. The SMILES string of the molecule is O=C(NC[C@H](O)CO)Nc1ccc(C(=O)N2CCN(Cc3ccc(C(O)(C(F)(F)F)C(F)(F)F)cc3)CC2)cc1F. The van der Waals surface area contributed by atoms with Crippen LogP contribution in [-0.4, -0.2) is 94.8 Å². The summed E-state index contributed by atoms with van der Waals surface area (Å²) in [5.41, 5.74) is -6.19. The van der Waals surface area contributed by atoms with Gasteiger partial charge in [0.2, 0.25) is 0 Å². The highest BCUT2D eigenvalue weighted by atomic mass is 19.4. The van der Waals surface area contributed by atoms with Crippen LogP contribution >= 0.6 is 0 Å². The molecule has 16 heteroatoms. The minimum Gasteiger partial charge on any atom is -0.394 e. The normalized spacial score (nSPS) is 15.9. The molecule has 2 aromatic rings. The number of aliphatic hydroxyl groups excluding tert-OH is 2. The number of anilines is 1. The number of rotatable bonds is 8. The van der Waals surface area contributed by atoms with E-state index in [1.165, 1.54) is 17.0 Å². The average molecular weight is 596 g/mol. The lowest BCUT2D eigenvalue weighted by atomic mass is 9.91. The van der Waals surface area contributed by atoms with Crippen LogP contribution in [0.5, 0.6) is 0 Å². The molecular formula is C25H27F7N4O5. The van der Waals surface area contributed by atoms with Gasteiger partial charge in [0, 0.05) is 50.4 Å². The third-order valence-corrected chi connectivity index (χ3v) is 6.43. The van der Waals surface area contributed by atoms with Gasteiger partial charge >= 0.3 is 18.4 Å². The number of carbonyl (C=O) groups is 2. The summed E-state index contributed by atoms with van der Waals surface area (Å²) in [7, 11) is 0. The van der Waals surface area contributed by atoms with Crippen LogP contribution in [0.25, 0.3) is 0 Å². The third kappa shape index (κ3) is 7.44. The molecule has 0 aliphatic carbocycles. The molecule has 3 amide bonds. The number of alkyl halides is 6. The summed E-state index contributed by atoms with van der Waals surface area (Å²) in [6.45, 7) is 0.345. The number of nitrogens with zero attached hydrogens (tertiary/aromatic N) is 2. The Morgan fingerprint density at radius 1 is 0.927 bits per heavy atom. The number of halogens is 7. The van der Waals surface area contributed by atoms with E-state index in [1.807, 2.05) is 4.90 Å². The molecule has 0 bridgehead atoms. The van der Waals surface area contributed by atoms with Crippen molar-refractivity contribution in [1.82, 2.24) is 15.1 Å². The number of amides is 3. The number of aliphatic hydroxyl groups is 3. The first-order valence-electron chi connectivity index (χ1n) is 12.2. The molecule has 1 fully saturated rings. The first-order valence-corrected chi connectivity index (χ1v) is 12.2. The van der Waals surface area contributed by atoms with Gasteiger partial charge in [0.1, 0.15) is 5.82 Å². The largest absolute Gasteiger partial charge is 0.430 e. The second kappa shape index (κ2) is 12.6. The number of hydrogen-bond donors (Lipinski definition) is 5. The number of urea groups is 1. The van der Waals surface area contributed by atoms with Crippen LogP contribution in [0.15, 0.2) is 42.5 Å². The predicted octanol–water partition coefficient (Wildman–Crippen LogP) is 2.57. The van der Waals surface area contributed by atoms with E-state index in [2.05, 4.69) is 10.6 Å². The topological polar surface area (TPSA) is 125 Å². The minimum absolute atomic E-state index is 0.00927. The highest BCUT2D eigenvalue weighted by molar-refractivity contribution is 5.95. The number of benzene rings is 2. The van der Waals surface area contributed by atoms with Crippen molar-refractivity contribution in [2.75, 3.05) is 44.6 Å². The Morgan fingerprint density at radius 3 is 2.02 bits per heavy atom. The van der Waals surface area contributed by atoms with E-state index in [0.717, 1.165) is 18.2 Å². The zero-order valence-electron chi connectivity index (χ0n) is 21.3. The van der Waals surface area contributed by atoms with Gasteiger partial charge in [-0.05, 0) is 23.8 Å². The summed E-state index contributed by atoms with van der Waals surface area (Å²) < 4.78 is 92.9. The van der Waals surface area contributed by atoms with E-state index >= 15 is 0 Å². The lowest BCUT2D eigenvalue weighted by molar-refractivity contribution is -0.376. The summed E-state index contributed by atoms with van der Waals surface area (Å²) in [5.74, 6) is -1.38. The molecule has 0 saturated carbocycles. The summed E-state index contributed by atoms with van der Waals surface area (Å²) in [5, 5.41) is 31.9. The summed E-state index contributed by atoms with van der Waals surface area (Å²) >= 11 is 0. The fourth-order valence-corrected chi connectivity index (χ4v) is 4.08. The van der Waals surface area contributed by atoms with Crippen LogP contribution in [0.3, 0.4) is 0 Å². The number of piperazine rings is 1. The smallest absolute Gasteiger partial charge is 0.394 e. The minimum atomic E-state index is -5.98. The lowest BCUT2D eigenvalue weighted by Gasteiger charge is -2.35. The first kappa shape index (κ1) is 32.0. The molecular weight excluding hydrogens is 569 g/mol. The molecule has 1 heterocycles. The molecule has 3 rings (SSSR count). The third-order valence-electron chi connectivity index (χ3n) is 6.43. The van der Waals surface area contributed by atoms with E-state index in [4.69, 9.17) is 5.11 Å². The molecule has 226 valence electrons. The van der Waals surface area contributed by atoms with Gasteiger partial charge in [0.15, 0.2) is 0 Å². The molecule has 1 aliphatic rings. The van der Waals surface area contributed by atoms with Crippen LogP contribution in [0.2, 0.25) is 0 Å². The van der Waals surface area contributed by atoms with E-state index in [1.54, 1.807) is 0 Å². The zero-order chi connectivity index (χ0) is 30.6. The molecule has 1 aliphatic heterocycles. The monoisotopic (exact) mass is 596 g/mol. The molecule has 0 radical (unpaired) electrons. The zero-order valence-corrected chi connectivity index (χ0v) is 21.3. The molecule has 0 spiro atoms. The summed E-state index contributed by atoms with van der Waals surface area (Å²) in [4.78, 5) is 27.9. The summed E-state index contributed by atoms with van der Waals surface area (Å²) in [6.07, 6.45) is -13.1. The van der Waals surface area contributed by atoms with Gasteiger partial charge in [-0.2, -0.15) is 26.3 Å². The molecule has 9 nitrogen and oxygen atoms in total. The maximum Gasteiger partial charge on any atom is 0.430 e. The van der Waals surface area contributed by atoms with Crippen LogP contribution in [-0.2, 0) is 12.1 Å². The molecule has 41 heavy (non-hydrogen) atoms. The summed E-state index contributed by atoms with van der Waals surface area (Å²) in [6, 6.07) is 5.86. The quantitative estimate of drug-likeness (QED) is 0.299. The Bertz CT molecular complexity index is 1200. The number of nitrogens with one attached hydrogen (secondary N) is 2. The maximum atomic E-state index is 14.5. The molecule has 1 saturated heterocycles. The number of hydrogen-bond acceptors (Lipinski definition) is 6. The Balaban J connectivity index is 1.56. The van der Waals surface area contributed by atoms with Crippen molar-refractivity contribution in [2.45, 2.75) is 30.6 Å². The average Bonchev–Trinajstić information content (AvgIpc) is 2.91. The van der Waals surface area contributed by atoms with Crippen molar-refractivity contribution in [1.29, 1.82) is 0 Å². The van der Waals surface area contributed by atoms with Gasteiger partial charge in [-0.3, -0.25) is 9.69 Å². The van der Waals surface area contributed by atoms with Gasteiger partial charge in [0.25, 0.3) is 11.5 Å². The van der Waals surface area contributed by atoms with Crippen LogP contribution in [0.1, 0.15) is 21.5 Å². The Labute approximate surface area is 229 Å². The number of carbonyl (C=O) groups excluding carboxylic acids is 2. The molecule has 5 N–H and O–H groups in total. The fraction of sp³-hybridized carbons (Fsp3) is 0.440. The Hall–Kier alpha value is -3.47. The van der Waals surface area contributed by atoms with Gasteiger partial charge in [0.05, 0.1) is 18.4 Å². The molecule has 0 unspecified atom stereocenters. The van der Waals surface area contributed by atoms with E-state index in [-0.39, 0.29) is 37.4 Å². The van der Waals surface area contributed by atoms with Crippen molar-refractivity contribution >= 4 is 17.6 Å². The second-order valence-corrected chi connectivity index (χ2v) is 9.34. The van der Waals surface area contributed by atoms with Crippen LogP contribution in [0.4, 0.5) is 41.2 Å². The fourth-order valence-electron chi connectivity index (χ4n) is 4.08. The van der Waals surface area contributed by atoms with Gasteiger partial charge in [-0.15, -0.1) is 0 Å².